The van der Waals surface area contributed by atoms with Crippen molar-refractivity contribution in [3.05, 3.63) is 0 Å². The lowest BCUT2D eigenvalue weighted by Gasteiger charge is -2.18. The zero-order chi connectivity index (χ0) is 45.9. The molecule has 0 radical (unpaired) electrons. The SMILES string of the molecule is CCCCCCCCCCCCCCCCCCCCCC(=O)OC[C@H](COC(=O)CCCCCCCCCC(C)C)OC(=O)CCCCCCCCCCCCCCCCCC. The van der Waals surface area contributed by atoms with Crippen molar-refractivity contribution in [2.24, 2.45) is 5.92 Å². The van der Waals surface area contributed by atoms with Gasteiger partial charge in [0, 0.05) is 19.3 Å². The average Bonchev–Trinajstić information content (AvgIpc) is 3.27. The first kappa shape index (κ1) is 61.4. The summed E-state index contributed by atoms with van der Waals surface area (Å²) in [6, 6.07) is 0. The van der Waals surface area contributed by atoms with E-state index in [1.165, 1.54) is 218 Å². The highest BCUT2D eigenvalue weighted by molar-refractivity contribution is 5.71. The van der Waals surface area contributed by atoms with Crippen LogP contribution in [-0.4, -0.2) is 37.2 Å². The molecule has 0 saturated heterocycles. The van der Waals surface area contributed by atoms with Gasteiger partial charge in [0.15, 0.2) is 6.10 Å². The van der Waals surface area contributed by atoms with Crippen molar-refractivity contribution in [2.45, 2.75) is 329 Å². The Kier molecular flexibility index (Phi) is 50.1. The van der Waals surface area contributed by atoms with E-state index < -0.39 is 6.10 Å². The number of carbonyl (C=O) groups excluding carboxylic acids is 3. The zero-order valence-corrected chi connectivity index (χ0v) is 43.0. The Bertz CT molecular complexity index is 949. The van der Waals surface area contributed by atoms with Crippen LogP contribution in [0.3, 0.4) is 0 Å². The van der Waals surface area contributed by atoms with Crippen LogP contribution in [-0.2, 0) is 28.6 Å². The molecule has 6 nitrogen and oxygen atoms in total. The van der Waals surface area contributed by atoms with Gasteiger partial charge in [0.1, 0.15) is 13.2 Å². The largest absolute Gasteiger partial charge is 0.462 e. The van der Waals surface area contributed by atoms with E-state index >= 15 is 0 Å². The first-order valence-corrected chi connectivity index (χ1v) is 28.4. The second-order valence-corrected chi connectivity index (χ2v) is 20.1. The van der Waals surface area contributed by atoms with Crippen molar-refractivity contribution >= 4 is 17.9 Å². The minimum atomic E-state index is -0.762. The van der Waals surface area contributed by atoms with Crippen molar-refractivity contribution < 1.29 is 28.6 Å². The summed E-state index contributed by atoms with van der Waals surface area (Å²) < 4.78 is 16.8. The molecule has 0 amide bonds. The van der Waals surface area contributed by atoms with E-state index in [1.54, 1.807) is 0 Å². The summed E-state index contributed by atoms with van der Waals surface area (Å²) in [5.41, 5.74) is 0. The Morgan fingerprint density at radius 2 is 0.524 bits per heavy atom. The molecule has 0 rings (SSSR count). The molecule has 0 fully saturated rings. The van der Waals surface area contributed by atoms with Gasteiger partial charge in [-0.25, -0.2) is 0 Å². The van der Waals surface area contributed by atoms with Gasteiger partial charge in [-0.15, -0.1) is 0 Å². The lowest BCUT2D eigenvalue weighted by atomic mass is 10.0. The molecule has 0 heterocycles. The summed E-state index contributed by atoms with van der Waals surface area (Å²) in [6.45, 7) is 9.00. The van der Waals surface area contributed by atoms with Gasteiger partial charge in [-0.2, -0.15) is 0 Å². The summed E-state index contributed by atoms with van der Waals surface area (Å²) in [5, 5.41) is 0. The monoisotopic (exact) mass is 891 g/mol. The maximum absolute atomic E-state index is 12.8. The standard InChI is InChI=1S/C57H110O6/c1-5-7-9-11-13-15-17-19-21-23-24-25-27-28-30-32-36-40-44-48-55(58)61-51-54(52-62-56(59)49-45-41-38-34-35-39-43-47-53(3)4)63-57(60)50-46-42-37-33-31-29-26-22-20-18-16-14-12-10-8-6-2/h53-54H,5-52H2,1-4H3/t54-/m1/s1. The third-order valence-electron chi connectivity index (χ3n) is 13.0. The molecule has 0 aliphatic rings. The normalized spacial score (nSPS) is 12.0. The number of hydrogen-bond acceptors (Lipinski definition) is 6. The van der Waals surface area contributed by atoms with E-state index in [1.807, 2.05) is 0 Å². The Balaban J connectivity index is 4.23. The Morgan fingerprint density at radius 3 is 0.778 bits per heavy atom. The van der Waals surface area contributed by atoms with Crippen LogP contribution >= 0.6 is 0 Å². The predicted octanol–water partition coefficient (Wildman–Crippen LogP) is 18.6. The summed E-state index contributed by atoms with van der Waals surface area (Å²) in [4.78, 5) is 38.0. The van der Waals surface area contributed by atoms with E-state index in [0.717, 1.165) is 63.7 Å². The van der Waals surface area contributed by atoms with E-state index in [9.17, 15) is 14.4 Å². The van der Waals surface area contributed by atoms with Gasteiger partial charge < -0.3 is 14.2 Å². The van der Waals surface area contributed by atoms with Gasteiger partial charge in [0.05, 0.1) is 0 Å². The number of carbonyl (C=O) groups is 3. The third kappa shape index (κ3) is 51.3. The summed E-state index contributed by atoms with van der Waals surface area (Å²) in [5.74, 6) is -0.0599. The van der Waals surface area contributed by atoms with E-state index in [4.69, 9.17) is 14.2 Å². The molecule has 1 atom stereocenters. The molecule has 374 valence electrons. The lowest BCUT2D eigenvalue weighted by molar-refractivity contribution is -0.167. The summed E-state index contributed by atoms with van der Waals surface area (Å²) >= 11 is 0. The minimum absolute atomic E-state index is 0.0628. The first-order chi connectivity index (χ1) is 30.9. The number of hydrogen-bond donors (Lipinski definition) is 0. The molecule has 0 spiro atoms. The molecule has 0 saturated carbocycles. The van der Waals surface area contributed by atoms with Crippen LogP contribution in [0.5, 0.6) is 0 Å². The van der Waals surface area contributed by atoms with Crippen LogP contribution in [0.15, 0.2) is 0 Å². The number of unbranched alkanes of at least 4 members (excludes halogenated alkanes) is 39. The van der Waals surface area contributed by atoms with Gasteiger partial charge in [-0.1, -0.05) is 285 Å². The fraction of sp³-hybridized carbons (Fsp3) is 0.947. The summed E-state index contributed by atoms with van der Waals surface area (Å²) in [6.07, 6.45) is 55.3. The minimum Gasteiger partial charge on any atom is -0.462 e. The predicted molar refractivity (Wildman–Crippen MR) is 270 cm³/mol. The molecule has 0 aliphatic carbocycles. The first-order valence-electron chi connectivity index (χ1n) is 28.4. The Morgan fingerprint density at radius 1 is 0.302 bits per heavy atom. The van der Waals surface area contributed by atoms with Crippen molar-refractivity contribution in [3.8, 4) is 0 Å². The van der Waals surface area contributed by atoms with Crippen molar-refractivity contribution in [1.82, 2.24) is 0 Å². The van der Waals surface area contributed by atoms with Crippen LogP contribution in [0.4, 0.5) is 0 Å². The molecule has 6 heteroatoms. The highest BCUT2D eigenvalue weighted by Gasteiger charge is 2.19. The molecule has 0 bridgehead atoms. The second kappa shape index (κ2) is 51.4. The molecule has 0 aliphatic heterocycles. The average molecular weight is 892 g/mol. The molecule has 0 aromatic carbocycles. The van der Waals surface area contributed by atoms with Gasteiger partial charge in [0.25, 0.3) is 0 Å². The Hall–Kier alpha value is -1.59. The van der Waals surface area contributed by atoms with Gasteiger partial charge in [0.2, 0.25) is 0 Å². The molecule has 0 aromatic rings. The molecular formula is C57H110O6. The molecule has 0 unspecified atom stereocenters. The topological polar surface area (TPSA) is 78.9 Å². The fourth-order valence-corrected chi connectivity index (χ4v) is 8.75. The molecule has 0 N–H and O–H groups in total. The zero-order valence-electron chi connectivity index (χ0n) is 43.0. The van der Waals surface area contributed by atoms with Gasteiger partial charge in [-0.3, -0.25) is 14.4 Å². The van der Waals surface area contributed by atoms with E-state index in [0.29, 0.717) is 19.3 Å². The molecular weight excluding hydrogens is 781 g/mol. The van der Waals surface area contributed by atoms with Crippen molar-refractivity contribution in [1.29, 1.82) is 0 Å². The van der Waals surface area contributed by atoms with Gasteiger partial charge in [-0.05, 0) is 25.2 Å². The van der Waals surface area contributed by atoms with Crippen LogP contribution in [0.1, 0.15) is 323 Å². The van der Waals surface area contributed by atoms with E-state index in [2.05, 4.69) is 27.7 Å². The van der Waals surface area contributed by atoms with Crippen LogP contribution in [0.25, 0.3) is 0 Å². The van der Waals surface area contributed by atoms with E-state index in [-0.39, 0.29) is 31.1 Å². The molecule has 0 aromatic heterocycles. The lowest BCUT2D eigenvalue weighted by Crippen LogP contribution is -2.30. The Labute approximate surface area is 393 Å². The number of rotatable bonds is 52. The maximum Gasteiger partial charge on any atom is 0.306 e. The van der Waals surface area contributed by atoms with Crippen LogP contribution in [0, 0.1) is 5.92 Å². The van der Waals surface area contributed by atoms with Crippen molar-refractivity contribution in [2.75, 3.05) is 13.2 Å². The maximum atomic E-state index is 12.8. The van der Waals surface area contributed by atoms with Gasteiger partial charge >= 0.3 is 17.9 Å². The quantitative estimate of drug-likeness (QED) is 0.0344. The third-order valence-corrected chi connectivity index (χ3v) is 13.0. The van der Waals surface area contributed by atoms with Crippen molar-refractivity contribution in [3.63, 3.8) is 0 Å². The highest BCUT2D eigenvalue weighted by Crippen LogP contribution is 2.18. The fourth-order valence-electron chi connectivity index (χ4n) is 8.75. The smallest absolute Gasteiger partial charge is 0.306 e. The second-order valence-electron chi connectivity index (χ2n) is 20.1. The van der Waals surface area contributed by atoms with Crippen LogP contribution in [0.2, 0.25) is 0 Å². The molecule has 63 heavy (non-hydrogen) atoms. The summed E-state index contributed by atoms with van der Waals surface area (Å²) in [7, 11) is 0. The number of ether oxygens (including phenoxy) is 3. The highest BCUT2D eigenvalue weighted by atomic mass is 16.6. The van der Waals surface area contributed by atoms with Crippen LogP contribution < -0.4 is 0 Å². The number of esters is 3.